The standard InChI is InChI=1S/C13H12F3NO4/c1-3-17(11(20)7(2)18)12(21)9-5-4-8(6-10(9)19)13(14,15)16/h4-6,19H,3H2,1-2H3. The number of phenolic OH excluding ortho intramolecular Hbond substituents is 1. The first-order valence-electron chi connectivity index (χ1n) is 5.86. The zero-order chi connectivity index (χ0) is 16.4. The van der Waals surface area contributed by atoms with E-state index in [2.05, 4.69) is 0 Å². The van der Waals surface area contributed by atoms with Gasteiger partial charge in [0.15, 0.2) is 0 Å². The van der Waals surface area contributed by atoms with Crippen LogP contribution in [0, 0.1) is 0 Å². The number of aromatic hydroxyl groups is 1. The predicted octanol–water partition coefficient (Wildman–Crippen LogP) is 1.99. The number of carbonyl (C=O) groups is 3. The molecule has 0 bridgehead atoms. The Morgan fingerprint density at radius 1 is 1.24 bits per heavy atom. The van der Waals surface area contributed by atoms with Crippen LogP contribution in [0.4, 0.5) is 13.2 Å². The number of ketones is 1. The lowest BCUT2D eigenvalue weighted by Gasteiger charge is -2.18. The molecule has 0 radical (unpaired) electrons. The fourth-order valence-corrected chi connectivity index (χ4v) is 1.60. The number of hydrogen-bond donors (Lipinski definition) is 1. The Morgan fingerprint density at radius 2 is 1.81 bits per heavy atom. The zero-order valence-corrected chi connectivity index (χ0v) is 11.2. The first-order valence-corrected chi connectivity index (χ1v) is 5.86. The first kappa shape index (κ1) is 16.7. The Bertz CT molecular complexity index is 596. The zero-order valence-electron chi connectivity index (χ0n) is 11.2. The summed E-state index contributed by atoms with van der Waals surface area (Å²) in [6, 6.07) is 1.76. The van der Waals surface area contributed by atoms with Gasteiger partial charge >= 0.3 is 6.18 Å². The van der Waals surface area contributed by atoms with Crippen molar-refractivity contribution in [1.29, 1.82) is 0 Å². The Labute approximate surface area is 118 Å². The highest BCUT2D eigenvalue weighted by atomic mass is 19.4. The topological polar surface area (TPSA) is 74.7 Å². The smallest absolute Gasteiger partial charge is 0.416 e. The molecule has 8 heteroatoms. The molecule has 21 heavy (non-hydrogen) atoms. The second-order valence-corrected chi connectivity index (χ2v) is 4.14. The predicted molar refractivity (Wildman–Crippen MR) is 65.5 cm³/mol. The van der Waals surface area contributed by atoms with E-state index in [1.807, 2.05) is 0 Å². The number of benzene rings is 1. The number of imide groups is 1. The van der Waals surface area contributed by atoms with Crippen molar-refractivity contribution in [3.63, 3.8) is 0 Å². The van der Waals surface area contributed by atoms with Crippen molar-refractivity contribution >= 4 is 17.6 Å². The molecule has 0 aromatic heterocycles. The second-order valence-electron chi connectivity index (χ2n) is 4.14. The fourth-order valence-electron chi connectivity index (χ4n) is 1.60. The van der Waals surface area contributed by atoms with Gasteiger partial charge in [0.05, 0.1) is 11.1 Å². The third-order valence-electron chi connectivity index (χ3n) is 2.66. The maximum atomic E-state index is 12.5. The highest BCUT2D eigenvalue weighted by Crippen LogP contribution is 2.33. The van der Waals surface area contributed by atoms with Crippen LogP contribution in [0.5, 0.6) is 5.75 Å². The van der Waals surface area contributed by atoms with Gasteiger partial charge in [-0.1, -0.05) is 0 Å². The molecule has 0 aliphatic carbocycles. The minimum atomic E-state index is -4.67. The van der Waals surface area contributed by atoms with Gasteiger partial charge in [0.1, 0.15) is 5.75 Å². The van der Waals surface area contributed by atoms with E-state index < -0.39 is 40.7 Å². The molecule has 114 valence electrons. The Balaban J connectivity index is 3.19. The van der Waals surface area contributed by atoms with Crippen molar-refractivity contribution in [2.24, 2.45) is 0 Å². The summed E-state index contributed by atoms with van der Waals surface area (Å²) < 4.78 is 37.4. The van der Waals surface area contributed by atoms with Gasteiger partial charge in [-0.25, -0.2) is 0 Å². The molecule has 0 saturated heterocycles. The molecule has 0 spiro atoms. The maximum absolute atomic E-state index is 12.5. The molecular formula is C13H12F3NO4. The molecule has 0 atom stereocenters. The number of halogens is 3. The summed E-state index contributed by atoms with van der Waals surface area (Å²) in [7, 11) is 0. The third-order valence-corrected chi connectivity index (χ3v) is 2.66. The van der Waals surface area contributed by atoms with Crippen LogP contribution >= 0.6 is 0 Å². The van der Waals surface area contributed by atoms with E-state index in [0.717, 1.165) is 13.0 Å². The number of hydrogen-bond acceptors (Lipinski definition) is 4. The van der Waals surface area contributed by atoms with E-state index in [-0.39, 0.29) is 6.54 Å². The Morgan fingerprint density at radius 3 is 2.19 bits per heavy atom. The normalized spacial score (nSPS) is 11.1. The van der Waals surface area contributed by atoms with Gasteiger partial charge in [0.25, 0.3) is 11.8 Å². The molecule has 5 nitrogen and oxygen atoms in total. The average Bonchev–Trinajstić information content (AvgIpc) is 2.37. The number of nitrogens with zero attached hydrogens (tertiary/aromatic N) is 1. The Kier molecular flexibility index (Phi) is 4.72. The molecule has 1 aromatic rings. The van der Waals surface area contributed by atoms with Gasteiger partial charge in [-0.15, -0.1) is 0 Å². The molecule has 0 unspecified atom stereocenters. The van der Waals surface area contributed by atoms with Crippen molar-refractivity contribution < 1.29 is 32.7 Å². The van der Waals surface area contributed by atoms with Crippen LogP contribution in [0.25, 0.3) is 0 Å². The minimum absolute atomic E-state index is 0.155. The number of Topliss-reactive ketones (excluding diaryl/α,β-unsaturated/α-hetero) is 1. The summed E-state index contributed by atoms with van der Waals surface area (Å²) in [5.41, 5.74) is -1.61. The van der Waals surface area contributed by atoms with E-state index >= 15 is 0 Å². The molecule has 0 fully saturated rings. The summed E-state index contributed by atoms with van der Waals surface area (Å²) in [6.45, 7) is 2.22. The van der Waals surface area contributed by atoms with Crippen LogP contribution < -0.4 is 0 Å². The molecule has 1 rings (SSSR count). The molecular weight excluding hydrogens is 291 g/mol. The lowest BCUT2D eigenvalue weighted by Crippen LogP contribution is -2.40. The summed E-state index contributed by atoms with van der Waals surface area (Å²) in [6.07, 6.45) is -4.67. The van der Waals surface area contributed by atoms with Crippen LogP contribution in [-0.2, 0) is 15.8 Å². The lowest BCUT2D eigenvalue weighted by molar-refractivity contribution is -0.141. The van der Waals surface area contributed by atoms with Gasteiger partial charge in [0, 0.05) is 13.5 Å². The highest BCUT2D eigenvalue weighted by molar-refractivity contribution is 6.38. The van der Waals surface area contributed by atoms with Crippen molar-refractivity contribution in [1.82, 2.24) is 4.90 Å². The van der Waals surface area contributed by atoms with Gasteiger partial charge in [-0.05, 0) is 25.1 Å². The first-order chi connectivity index (χ1) is 9.59. The average molecular weight is 303 g/mol. The quantitative estimate of drug-likeness (QED) is 0.867. The van der Waals surface area contributed by atoms with Crippen molar-refractivity contribution in [2.75, 3.05) is 6.54 Å². The minimum Gasteiger partial charge on any atom is -0.507 e. The number of carbonyl (C=O) groups excluding carboxylic acids is 3. The number of phenols is 1. The molecule has 1 aromatic carbocycles. The molecule has 0 heterocycles. The second kappa shape index (κ2) is 5.94. The summed E-state index contributed by atoms with van der Waals surface area (Å²) in [5, 5.41) is 9.55. The fraction of sp³-hybridized carbons (Fsp3) is 0.308. The van der Waals surface area contributed by atoms with E-state index in [1.54, 1.807) is 0 Å². The van der Waals surface area contributed by atoms with E-state index in [9.17, 15) is 32.7 Å². The lowest BCUT2D eigenvalue weighted by atomic mass is 10.1. The van der Waals surface area contributed by atoms with Crippen LogP contribution in [0.15, 0.2) is 18.2 Å². The summed E-state index contributed by atoms with van der Waals surface area (Å²) in [4.78, 5) is 35.1. The molecule has 2 amide bonds. The summed E-state index contributed by atoms with van der Waals surface area (Å²) >= 11 is 0. The van der Waals surface area contributed by atoms with Crippen LogP contribution in [0.2, 0.25) is 0 Å². The number of alkyl halides is 3. The maximum Gasteiger partial charge on any atom is 0.416 e. The van der Waals surface area contributed by atoms with Gasteiger partial charge in [-0.2, -0.15) is 13.2 Å². The molecule has 1 N–H and O–H groups in total. The van der Waals surface area contributed by atoms with Crippen molar-refractivity contribution in [3.8, 4) is 5.75 Å². The van der Waals surface area contributed by atoms with Gasteiger partial charge in [0.2, 0.25) is 5.78 Å². The van der Waals surface area contributed by atoms with Crippen LogP contribution in [-0.4, -0.2) is 34.1 Å². The monoisotopic (exact) mass is 303 g/mol. The number of rotatable bonds is 3. The molecule has 0 saturated carbocycles. The molecule has 0 aliphatic rings. The Hall–Kier alpha value is -2.38. The molecule has 0 aliphatic heterocycles. The highest BCUT2D eigenvalue weighted by Gasteiger charge is 2.33. The number of likely N-dealkylation sites (N-methyl/N-ethyl adjacent to an activating group) is 1. The summed E-state index contributed by atoms with van der Waals surface area (Å²) in [5.74, 6) is -3.94. The SMILES string of the molecule is CCN(C(=O)C(C)=O)C(=O)c1ccc(C(F)(F)F)cc1O. The van der Waals surface area contributed by atoms with E-state index in [0.29, 0.717) is 17.0 Å². The van der Waals surface area contributed by atoms with Gasteiger partial charge in [-0.3, -0.25) is 19.3 Å². The van der Waals surface area contributed by atoms with Crippen molar-refractivity contribution in [2.45, 2.75) is 20.0 Å². The van der Waals surface area contributed by atoms with Gasteiger partial charge < -0.3 is 5.11 Å². The third kappa shape index (κ3) is 3.59. The largest absolute Gasteiger partial charge is 0.507 e. The van der Waals surface area contributed by atoms with Crippen LogP contribution in [0.1, 0.15) is 29.8 Å². The number of amides is 2. The van der Waals surface area contributed by atoms with Crippen molar-refractivity contribution in [3.05, 3.63) is 29.3 Å². The van der Waals surface area contributed by atoms with Crippen LogP contribution in [0.3, 0.4) is 0 Å². The van der Waals surface area contributed by atoms with E-state index in [4.69, 9.17) is 0 Å². The van der Waals surface area contributed by atoms with E-state index in [1.165, 1.54) is 6.92 Å².